The second kappa shape index (κ2) is 9.45. The van der Waals surface area contributed by atoms with Crippen LogP contribution in [-0.2, 0) is 10.2 Å². The fourth-order valence-corrected chi connectivity index (χ4v) is 2.71. The van der Waals surface area contributed by atoms with Crippen LogP contribution in [0.25, 0.3) is 0 Å². The molecule has 5 nitrogen and oxygen atoms in total. The average molecular weight is 397 g/mol. The Morgan fingerprint density at radius 3 is 2.21 bits per heavy atom. The monoisotopic (exact) mass is 397 g/mol. The van der Waals surface area contributed by atoms with Gasteiger partial charge in [0.15, 0.2) is 0 Å². The standard InChI is InChI=1S/C23H28FN3O2/c1-15(2)20(26-21(28)18-8-6-7-9-19(18)24)22(29)27-25-14-16-10-12-17(13-11-16)23(3,4)5/h6-15,20H,1-5H3,(H,26,28)(H,27,29)/b25-14+. The van der Waals surface area contributed by atoms with Gasteiger partial charge in [0.2, 0.25) is 0 Å². The smallest absolute Gasteiger partial charge is 0.262 e. The van der Waals surface area contributed by atoms with E-state index in [0.717, 1.165) is 5.56 Å². The van der Waals surface area contributed by atoms with Gasteiger partial charge in [-0.25, -0.2) is 9.82 Å². The molecule has 2 rings (SSSR count). The highest BCUT2D eigenvalue weighted by Crippen LogP contribution is 2.21. The Labute approximate surface area is 171 Å². The van der Waals surface area contributed by atoms with Crippen LogP contribution in [0.3, 0.4) is 0 Å². The van der Waals surface area contributed by atoms with Crippen molar-refractivity contribution in [2.45, 2.75) is 46.1 Å². The van der Waals surface area contributed by atoms with Gasteiger partial charge in [-0.1, -0.05) is 71.0 Å². The van der Waals surface area contributed by atoms with E-state index >= 15 is 0 Å². The third-order valence-corrected chi connectivity index (χ3v) is 4.52. The van der Waals surface area contributed by atoms with Gasteiger partial charge < -0.3 is 5.32 Å². The lowest BCUT2D eigenvalue weighted by atomic mass is 9.87. The third kappa shape index (κ3) is 6.24. The van der Waals surface area contributed by atoms with Crippen molar-refractivity contribution in [3.05, 3.63) is 71.0 Å². The molecular weight excluding hydrogens is 369 g/mol. The minimum atomic E-state index is -0.845. The number of benzene rings is 2. The first-order valence-electron chi connectivity index (χ1n) is 9.58. The molecule has 0 radical (unpaired) electrons. The Morgan fingerprint density at radius 2 is 1.66 bits per heavy atom. The Hall–Kier alpha value is -3.02. The molecule has 0 spiro atoms. The van der Waals surface area contributed by atoms with E-state index < -0.39 is 23.7 Å². The molecule has 0 bridgehead atoms. The predicted octanol–water partition coefficient (Wildman–Crippen LogP) is 4.03. The first-order valence-corrected chi connectivity index (χ1v) is 9.58. The van der Waals surface area contributed by atoms with Crippen LogP contribution in [0.1, 0.15) is 56.1 Å². The van der Waals surface area contributed by atoms with Gasteiger partial charge in [0, 0.05) is 0 Å². The number of halogens is 1. The summed E-state index contributed by atoms with van der Waals surface area (Å²) in [6, 6.07) is 12.7. The molecule has 0 aliphatic carbocycles. The Balaban J connectivity index is 2.01. The first kappa shape index (κ1) is 22.3. The molecule has 0 saturated carbocycles. The van der Waals surface area contributed by atoms with Crippen LogP contribution >= 0.6 is 0 Å². The zero-order valence-corrected chi connectivity index (χ0v) is 17.5. The first-order chi connectivity index (χ1) is 13.6. The SMILES string of the molecule is CC(C)C(NC(=O)c1ccccc1F)C(=O)N/N=C/c1ccc(C(C)(C)C)cc1. The summed E-state index contributed by atoms with van der Waals surface area (Å²) in [6.07, 6.45) is 1.54. The molecule has 6 heteroatoms. The van der Waals surface area contributed by atoms with Crippen molar-refractivity contribution in [2.75, 3.05) is 0 Å². The summed E-state index contributed by atoms with van der Waals surface area (Å²) >= 11 is 0. The van der Waals surface area contributed by atoms with E-state index in [1.165, 1.54) is 23.8 Å². The van der Waals surface area contributed by atoms with Crippen molar-refractivity contribution in [1.82, 2.24) is 10.7 Å². The van der Waals surface area contributed by atoms with E-state index in [-0.39, 0.29) is 16.9 Å². The highest BCUT2D eigenvalue weighted by molar-refractivity contribution is 5.98. The molecule has 29 heavy (non-hydrogen) atoms. The summed E-state index contributed by atoms with van der Waals surface area (Å²) in [4.78, 5) is 24.8. The van der Waals surface area contributed by atoms with Crippen LogP contribution < -0.4 is 10.7 Å². The summed E-state index contributed by atoms with van der Waals surface area (Å²) in [7, 11) is 0. The van der Waals surface area contributed by atoms with Crippen molar-refractivity contribution >= 4 is 18.0 Å². The molecule has 0 aliphatic rings. The van der Waals surface area contributed by atoms with Gasteiger partial charge in [-0.2, -0.15) is 5.10 Å². The molecule has 2 N–H and O–H groups in total. The molecule has 154 valence electrons. The number of rotatable bonds is 6. The molecule has 2 amide bonds. The molecule has 1 atom stereocenters. The van der Waals surface area contributed by atoms with Gasteiger partial charge in [0.25, 0.3) is 11.8 Å². The van der Waals surface area contributed by atoms with Gasteiger partial charge >= 0.3 is 0 Å². The lowest BCUT2D eigenvalue weighted by molar-refractivity contribution is -0.123. The largest absolute Gasteiger partial charge is 0.340 e. The van der Waals surface area contributed by atoms with E-state index in [2.05, 4.69) is 36.6 Å². The van der Waals surface area contributed by atoms with Crippen molar-refractivity contribution in [3.8, 4) is 0 Å². The van der Waals surface area contributed by atoms with Gasteiger partial charge in [-0.05, 0) is 34.6 Å². The van der Waals surface area contributed by atoms with Crippen LogP contribution in [0.5, 0.6) is 0 Å². The number of nitrogens with one attached hydrogen (secondary N) is 2. The Morgan fingerprint density at radius 1 is 1.03 bits per heavy atom. The van der Waals surface area contributed by atoms with Crippen molar-refractivity contribution in [3.63, 3.8) is 0 Å². The van der Waals surface area contributed by atoms with E-state index in [1.54, 1.807) is 26.1 Å². The predicted molar refractivity (Wildman–Crippen MR) is 113 cm³/mol. The minimum Gasteiger partial charge on any atom is -0.340 e. The summed E-state index contributed by atoms with van der Waals surface area (Å²) in [5.74, 6) is -1.94. The highest BCUT2D eigenvalue weighted by atomic mass is 19.1. The van der Waals surface area contributed by atoms with Gasteiger partial charge in [-0.15, -0.1) is 0 Å². The van der Waals surface area contributed by atoms with Gasteiger partial charge in [0.1, 0.15) is 11.9 Å². The third-order valence-electron chi connectivity index (χ3n) is 4.52. The number of carbonyl (C=O) groups is 2. The number of nitrogens with zero attached hydrogens (tertiary/aromatic N) is 1. The number of amides is 2. The lowest BCUT2D eigenvalue weighted by Crippen LogP contribution is -2.48. The van der Waals surface area contributed by atoms with Gasteiger partial charge in [0.05, 0.1) is 11.8 Å². The molecule has 0 fully saturated rings. The molecule has 0 saturated heterocycles. The topological polar surface area (TPSA) is 70.6 Å². The summed E-state index contributed by atoms with van der Waals surface area (Å²) in [6.45, 7) is 10.00. The number of hydrogen-bond acceptors (Lipinski definition) is 3. The second-order valence-electron chi connectivity index (χ2n) is 8.28. The average Bonchev–Trinajstić information content (AvgIpc) is 2.65. The second-order valence-corrected chi connectivity index (χ2v) is 8.28. The van der Waals surface area contributed by atoms with E-state index in [4.69, 9.17) is 0 Å². The molecular formula is C23H28FN3O2. The summed E-state index contributed by atoms with van der Waals surface area (Å²) < 4.78 is 13.8. The lowest BCUT2D eigenvalue weighted by Gasteiger charge is -2.20. The summed E-state index contributed by atoms with van der Waals surface area (Å²) in [5, 5.41) is 6.57. The quantitative estimate of drug-likeness (QED) is 0.571. The van der Waals surface area contributed by atoms with Crippen LogP contribution in [0.2, 0.25) is 0 Å². The van der Waals surface area contributed by atoms with E-state index in [1.807, 2.05) is 24.3 Å². The molecule has 0 heterocycles. The van der Waals surface area contributed by atoms with Crippen molar-refractivity contribution in [1.29, 1.82) is 0 Å². The molecule has 0 aliphatic heterocycles. The van der Waals surface area contributed by atoms with Crippen LogP contribution in [0.15, 0.2) is 53.6 Å². The van der Waals surface area contributed by atoms with Crippen molar-refractivity contribution < 1.29 is 14.0 Å². The number of carbonyl (C=O) groups excluding carboxylic acids is 2. The van der Waals surface area contributed by atoms with Gasteiger partial charge in [-0.3, -0.25) is 9.59 Å². The maximum Gasteiger partial charge on any atom is 0.262 e. The Bertz CT molecular complexity index is 884. The molecule has 1 unspecified atom stereocenters. The van der Waals surface area contributed by atoms with Crippen LogP contribution in [0, 0.1) is 11.7 Å². The molecule has 2 aromatic rings. The zero-order chi connectivity index (χ0) is 21.6. The Kier molecular flexibility index (Phi) is 7.26. The van der Waals surface area contributed by atoms with Crippen LogP contribution in [0.4, 0.5) is 4.39 Å². The fourth-order valence-electron chi connectivity index (χ4n) is 2.71. The maximum atomic E-state index is 13.8. The highest BCUT2D eigenvalue weighted by Gasteiger charge is 2.25. The molecule has 0 aromatic heterocycles. The fraction of sp³-hybridized carbons (Fsp3) is 0.348. The van der Waals surface area contributed by atoms with E-state index in [9.17, 15) is 14.0 Å². The maximum absolute atomic E-state index is 13.8. The van der Waals surface area contributed by atoms with Crippen LogP contribution in [-0.4, -0.2) is 24.1 Å². The normalized spacial score (nSPS) is 12.8. The number of hydrazone groups is 1. The molecule has 2 aromatic carbocycles. The zero-order valence-electron chi connectivity index (χ0n) is 17.5. The number of hydrogen-bond donors (Lipinski definition) is 2. The van der Waals surface area contributed by atoms with Crippen molar-refractivity contribution in [2.24, 2.45) is 11.0 Å². The minimum absolute atomic E-state index is 0.0603. The van der Waals surface area contributed by atoms with E-state index in [0.29, 0.717) is 0 Å². The summed E-state index contributed by atoms with van der Waals surface area (Å²) in [5.41, 5.74) is 4.45.